The lowest BCUT2D eigenvalue weighted by atomic mass is 10.1. The van der Waals surface area contributed by atoms with Gasteiger partial charge in [0.25, 0.3) is 0 Å². The van der Waals surface area contributed by atoms with E-state index in [1.807, 2.05) is 12.1 Å². The van der Waals surface area contributed by atoms with Crippen molar-refractivity contribution in [2.45, 2.75) is 10.4 Å². The summed E-state index contributed by atoms with van der Waals surface area (Å²) in [5.74, 6) is -3.94. The van der Waals surface area contributed by atoms with E-state index in [-0.39, 0.29) is 5.88 Å². The van der Waals surface area contributed by atoms with Crippen molar-refractivity contribution in [3.8, 4) is 0 Å². The Labute approximate surface area is 123 Å². The van der Waals surface area contributed by atoms with Gasteiger partial charge in [-0.2, -0.15) is 0 Å². The third-order valence-electron chi connectivity index (χ3n) is 2.70. The minimum Gasteiger partial charge on any atom is -0.481 e. The summed E-state index contributed by atoms with van der Waals surface area (Å²) >= 11 is 6.41. The van der Waals surface area contributed by atoms with Crippen molar-refractivity contribution in [3.63, 3.8) is 0 Å². The number of carboxylic acids is 2. The zero-order chi connectivity index (χ0) is 14.7. The number of H-pyrrole nitrogens is 1. The fourth-order valence-corrected chi connectivity index (χ4v) is 3.14. The van der Waals surface area contributed by atoms with Gasteiger partial charge in [-0.3, -0.25) is 9.59 Å². The molecule has 2 unspecified atom stereocenters. The Morgan fingerprint density at radius 2 is 2.00 bits per heavy atom. The van der Waals surface area contributed by atoms with Crippen LogP contribution in [0.2, 0.25) is 0 Å². The Kier molecular flexibility index (Phi) is 4.51. The molecule has 106 valence electrons. The van der Waals surface area contributed by atoms with E-state index in [0.29, 0.717) is 10.7 Å². The van der Waals surface area contributed by atoms with E-state index in [1.165, 1.54) is 0 Å². The third kappa shape index (κ3) is 3.05. The number of benzene rings is 1. The smallest absolute Gasteiger partial charge is 0.318 e. The minimum atomic E-state index is -1.24. The first kappa shape index (κ1) is 14.7. The number of halogens is 1. The molecule has 0 radical (unpaired) electrons. The Balaban J connectivity index is 2.27. The summed E-state index contributed by atoms with van der Waals surface area (Å²) in [7, 11) is 0. The Morgan fingerprint density at radius 3 is 2.55 bits per heavy atom. The van der Waals surface area contributed by atoms with Gasteiger partial charge in [0.15, 0.2) is 5.16 Å². The van der Waals surface area contributed by atoms with Crippen molar-refractivity contribution in [1.82, 2.24) is 9.97 Å². The second-order valence-corrected chi connectivity index (χ2v) is 5.47. The Hall–Kier alpha value is -1.73. The molecular formula is C12H11ClN2O4S. The average Bonchev–Trinajstić information content (AvgIpc) is 2.80. The predicted octanol–water partition coefficient (Wildman–Crippen LogP) is 2.05. The second-order valence-electron chi connectivity index (χ2n) is 4.03. The lowest BCUT2D eigenvalue weighted by molar-refractivity contribution is -0.146. The quantitative estimate of drug-likeness (QED) is 0.557. The second kappa shape index (κ2) is 6.15. The van der Waals surface area contributed by atoms with Crippen molar-refractivity contribution in [1.29, 1.82) is 0 Å². The molecule has 0 spiro atoms. The zero-order valence-electron chi connectivity index (χ0n) is 10.1. The molecule has 0 aliphatic heterocycles. The molecule has 0 aliphatic rings. The number of hydrogen-bond donors (Lipinski definition) is 3. The number of thioether (sulfide) groups is 1. The zero-order valence-corrected chi connectivity index (χ0v) is 11.7. The van der Waals surface area contributed by atoms with Gasteiger partial charge >= 0.3 is 11.9 Å². The van der Waals surface area contributed by atoms with Crippen LogP contribution in [0.25, 0.3) is 11.0 Å². The molecule has 2 rings (SSSR count). The van der Waals surface area contributed by atoms with Gasteiger partial charge in [-0.15, -0.1) is 11.6 Å². The SMILES string of the molecule is O=C(O)C(CCl)C(Sc1nc2ccccc2[nH]1)C(=O)O. The largest absolute Gasteiger partial charge is 0.481 e. The van der Waals surface area contributed by atoms with Crippen LogP contribution in [0.1, 0.15) is 0 Å². The third-order valence-corrected chi connectivity index (χ3v) is 4.23. The summed E-state index contributed by atoms with van der Waals surface area (Å²) < 4.78 is 0. The average molecular weight is 315 g/mol. The number of hydrogen-bond acceptors (Lipinski definition) is 4. The van der Waals surface area contributed by atoms with Crippen LogP contribution in [0.5, 0.6) is 0 Å². The molecule has 0 saturated carbocycles. The van der Waals surface area contributed by atoms with Crippen LogP contribution in [0.4, 0.5) is 0 Å². The van der Waals surface area contributed by atoms with Crippen LogP contribution in [0, 0.1) is 5.92 Å². The number of alkyl halides is 1. The highest BCUT2D eigenvalue weighted by Crippen LogP contribution is 2.29. The van der Waals surface area contributed by atoms with E-state index in [9.17, 15) is 14.7 Å². The van der Waals surface area contributed by atoms with Gasteiger partial charge in [-0.1, -0.05) is 23.9 Å². The molecule has 2 aromatic rings. The Bertz CT molecular complexity index is 612. The van der Waals surface area contributed by atoms with Gasteiger partial charge in [-0.25, -0.2) is 4.98 Å². The number of para-hydroxylation sites is 2. The first-order chi connectivity index (χ1) is 9.52. The van der Waals surface area contributed by atoms with E-state index >= 15 is 0 Å². The summed E-state index contributed by atoms with van der Waals surface area (Å²) in [4.78, 5) is 29.5. The van der Waals surface area contributed by atoms with Crippen LogP contribution in [0.3, 0.4) is 0 Å². The summed E-state index contributed by atoms with van der Waals surface area (Å²) in [6.07, 6.45) is 0. The fraction of sp³-hybridized carbons (Fsp3) is 0.250. The van der Waals surface area contributed by atoms with Crippen LogP contribution < -0.4 is 0 Å². The Morgan fingerprint density at radius 1 is 1.30 bits per heavy atom. The normalized spacial score (nSPS) is 14.1. The lowest BCUT2D eigenvalue weighted by Crippen LogP contribution is -2.33. The van der Waals surface area contributed by atoms with Gasteiger partial charge in [0.1, 0.15) is 5.25 Å². The van der Waals surface area contributed by atoms with E-state index < -0.39 is 23.1 Å². The van der Waals surface area contributed by atoms with Gasteiger partial charge < -0.3 is 15.2 Å². The molecule has 3 N–H and O–H groups in total. The van der Waals surface area contributed by atoms with Crippen molar-refractivity contribution in [2.24, 2.45) is 5.92 Å². The van der Waals surface area contributed by atoms with Gasteiger partial charge in [-0.05, 0) is 12.1 Å². The highest BCUT2D eigenvalue weighted by molar-refractivity contribution is 8.00. The molecule has 1 aromatic carbocycles. The maximum atomic E-state index is 11.2. The van der Waals surface area contributed by atoms with Gasteiger partial charge in [0.2, 0.25) is 0 Å². The van der Waals surface area contributed by atoms with Crippen molar-refractivity contribution in [2.75, 3.05) is 5.88 Å². The first-order valence-corrected chi connectivity index (χ1v) is 7.07. The van der Waals surface area contributed by atoms with Crippen LogP contribution in [-0.2, 0) is 9.59 Å². The summed E-state index contributed by atoms with van der Waals surface area (Å²) in [6, 6.07) is 7.22. The molecule has 20 heavy (non-hydrogen) atoms. The van der Waals surface area contributed by atoms with Crippen molar-refractivity contribution >= 4 is 46.3 Å². The fourth-order valence-electron chi connectivity index (χ4n) is 1.69. The van der Waals surface area contributed by atoms with E-state index in [0.717, 1.165) is 17.3 Å². The number of rotatable bonds is 6. The first-order valence-electron chi connectivity index (χ1n) is 5.66. The monoisotopic (exact) mass is 314 g/mol. The molecule has 8 heteroatoms. The molecule has 2 atom stereocenters. The van der Waals surface area contributed by atoms with E-state index in [2.05, 4.69) is 9.97 Å². The van der Waals surface area contributed by atoms with Crippen molar-refractivity contribution in [3.05, 3.63) is 24.3 Å². The predicted molar refractivity (Wildman–Crippen MR) is 75.2 cm³/mol. The number of imidazole rings is 1. The number of nitrogens with zero attached hydrogens (tertiary/aromatic N) is 1. The molecular weight excluding hydrogens is 304 g/mol. The van der Waals surface area contributed by atoms with Crippen LogP contribution >= 0.6 is 23.4 Å². The number of nitrogens with one attached hydrogen (secondary N) is 1. The number of carboxylic acid groups (broad SMARTS) is 2. The number of carbonyl (C=O) groups is 2. The maximum absolute atomic E-state index is 11.2. The summed E-state index contributed by atoms with van der Waals surface area (Å²) in [6.45, 7) is 0. The highest BCUT2D eigenvalue weighted by Gasteiger charge is 2.35. The molecule has 1 aromatic heterocycles. The van der Waals surface area contributed by atoms with E-state index in [1.54, 1.807) is 12.1 Å². The van der Waals surface area contributed by atoms with Gasteiger partial charge in [0.05, 0.1) is 17.0 Å². The summed E-state index contributed by atoms with van der Waals surface area (Å²) in [5.41, 5.74) is 1.45. The number of aliphatic carboxylic acids is 2. The number of aromatic amines is 1. The molecule has 0 aliphatic carbocycles. The topological polar surface area (TPSA) is 103 Å². The lowest BCUT2D eigenvalue weighted by Gasteiger charge is -2.16. The standard InChI is InChI=1S/C12H11ClN2O4S/c13-5-6(10(16)17)9(11(18)19)20-12-14-7-3-1-2-4-8(7)15-12/h1-4,6,9H,5H2,(H,14,15)(H,16,17)(H,18,19). The van der Waals surface area contributed by atoms with Crippen LogP contribution in [-0.4, -0.2) is 43.2 Å². The van der Waals surface area contributed by atoms with E-state index in [4.69, 9.17) is 16.7 Å². The minimum absolute atomic E-state index is 0.278. The highest BCUT2D eigenvalue weighted by atomic mass is 35.5. The molecule has 0 saturated heterocycles. The molecule has 1 heterocycles. The van der Waals surface area contributed by atoms with Crippen LogP contribution in [0.15, 0.2) is 29.4 Å². The summed E-state index contributed by atoms with van der Waals surface area (Å²) in [5, 5.41) is 17.3. The number of aromatic nitrogens is 2. The molecule has 0 bridgehead atoms. The molecule has 6 nitrogen and oxygen atoms in total. The van der Waals surface area contributed by atoms with Gasteiger partial charge in [0, 0.05) is 5.88 Å². The molecule has 0 amide bonds. The van der Waals surface area contributed by atoms with Crippen molar-refractivity contribution < 1.29 is 19.8 Å². The number of fused-ring (bicyclic) bond motifs is 1. The maximum Gasteiger partial charge on any atom is 0.318 e. The molecule has 0 fully saturated rings.